The van der Waals surface area contributed by atoms with Gasteiger partial charge in [0, 0.05) is 37.1 Å². The van der Waals surface area contributed by atoms with E-state index in [0.29, 0.717) is 30.0 Å². The molecule has 2 heterocycles. The van der Waals surface area contributed by atoms with Crippen molar-refractivity contribution >= 4 is 23.1 Å². The number of nitriles is 1. The van der Waals surface area contributed by atoms with Crippen molar-refractivity contribution in [1.82, 2.24) is 25.4 Å². The summed E-state index contributed by atoms with van der Waals surface area (Å²) in [6, 6.07) is 11.8. The Labute approximate surface area is 186 Å². The van der Waals surface area contributed by atoms with E-state index in [-0.39, 0.29) is 0 Å². The van der Waals surface area contributed by atoms with Gasteiger partial charge in [-0.25, -0.2) is 9.67 Å². The molecule has 8 nitrogen and oxygen atoms in total. The normalized spacial score (nSPS) is 11.3. The van der Waals surface area contributed by atoms with Crippen LogP contribution in [0.15, 0.2) is 41.5 Å². The Balaban J connectivity index is 1.56. The first-order valence-corrected chi connectivity index (χ1v) is 11.2. The Morgan fingerprint density at radius 3 is 2.74 bits per heavy atom. The summed E-state index contributed by atoms with van der Waals surface area (Å²) in [6.07, 6.45) is 4.17. The Bertz CT molecular complexity index is 1050. The highest BCUT2D eigenvalue weighted by molar-refractivity contribution is 7.11. The maximum atomic E-state index is 9.53. The molecule has 0 radical (unpaired) electrons. The number of guanidine groups is 1. The summed E-state index contributed by atoms with van der Waals surface area (Å²) in [5, 5.41) is 21.8. The van der Waals surface area contributed by atoms with Crippen molar-refractivity contribution in [2.45, 2.75) is 33.1 Å². The predicted octanol–water partition coefficient (Wildman–Crippen LogP) is 2.82. The fourth-order valence-corrected chi connectivity index (χ4v) is 3.91. The third kappa shape index (κ3) is 6.06. The molecule has 0 aliphatic rings. The molecule has 0 spiro atoms. The van der Waals surface area contributed by atoms with E-state index >= 15 is 0 Å². The van der Waals surface area contributed by atoms with E-state index in [1.165, 1.54) is 4.88 Å². The average molecular weight is 437 g/mol. The van der Waals surface area contributed by atoms with E-state index < -0.39 is 0 Å². The van der Waals surface area contributed by atoms with Crippen LogP contribution in [0.25, 0.3) is 5.69 Å². The molecule has 0 bridgehead atoms. The number of nitrogens with two attached hydrogens (primary N) is 1. The van der Waals surface area contributed by atoms with Crippen LogP contribution < -0.4 is 16.4 Å². The summed E-state index contributed by atoms with van der Waals surface area (Å²) in [5.41, 5.74) is 8.16. The quantitative estimate of drug-likeness (QED) is 0.270. The van der Waals surface area contributed by atoms with Crippen LogP contribution in [0.4, 0.5) is 5.82 Å². The summed E-state index contributed by atoms with van der Waals surface area (Å²) in [7, 11) is 0. The van der Waals surface area contributed by atoms with Crippen molar-refractivity contribution in [3.63, 3.8) is 0 Å². The van der Waals surface area contributed by atoms with Crippen LogP contribution in [0, 0.1) is 18.3 Å². The van der Waals surface area contributed by atoms with Crippen molar-refractivity contribution in [2.24, 2.45) is 4.99 Å². The lowest BCUT2D eigenvalue weighted by molar-refractivity contribution is 0.755. The van der Waals surface area contributed by atoms with Crippen LogP contribution >= 0.6 is 11.3 Å². The van der Waals surface area contributed by atoms with Crippen LogP contribution in [0.1, 0.15) is 34.5 Å². The second kappa shape index (κ2) is 11.1. The number of nitrogen functional groups attached to an aromatic ring is 1. The van der Waals surface area contributed by atoms with E-state index in [1.807, 2.05) is 43.5 Å². The first-order chi connectivity index (χ1) is 15.1. The fourth-order valence-electron chi connectivity index (χ4n) is 3.13. The minimum absolute atomic E-state index is 0.375. The molecule has 0 saturated carbocycles. The summed E-state index contributed by atoms with van der Waals surface area (Å²) >= 11 is 1.72. The molecule has 0 aliphatic carbocycles. The van der Waals surface area contributed by atoms with Gasteiger partial charge in [-0.1, -0.05) is 18.2 Å². The van der Waals surface area contributed by atoms with Crippen molar-refractivity contribution in [3.05, 3.63) is 57.7 Å². The average Bonchev–Trinajstić information content (AvgIpc) is 3.34. The Kier molecular flexibility index (Phi) is 8.01. The Morgan fingerprint density at radius 1 is 1.26 bits per heavy atom. The number of rotatable bonds is 9. The number of aryl methyl sites for hydroxylation is 2. The van der Waals surface area contributed by atoms with Crippen molar-refractivity contribution in [1.29, 1.82) is 5.26 Å². The summed E-state index contributed by atoms with van der Waals surface area (Å²) in [4.78, 5) is 10.2. The number of hydrogen-bond donors (Lipinski definition) is 3. The molecule has 3 aromatic rings. The van der Waals surface area contributed by atoms with Crippen LogP contribution in [0.5, 0.6) is 0 Å². The Morgan fingerprint density at radius 2 is 2.06 bits per heavy atom. The first kappa shape index (κ1) is 22.3. The number of nitrogens with one attached hydrogen (secondary N) is 2. The lowest BCUT2D eigenvalue weighted by Crippen LogP contribution is -2.38. The summed E-state index contributed by atoms with van der Waals surface area (Å²) in [5.74, 6) is 1.16. The largest absolute Gasteiger partial charge is 0.382 e. The molecule has 31 heavy (non-hydrogen) atoms. The number of hydrogen-bond acceptors (Lipinski definition) is 6. The van der Waals surface area contributed by atoms with Gasteiger partial charge in [-0.2, -0.15) is 10.4 Å². The van der Waals surface area contributed by atoms with Gasteiger partial charge >= 0.3 is 0 Å². The molecule has 0 aliphatic heterocycles. The molecule has 3 rings (SSSR count). The maximum absolute atomic E-state index is 9.53. The fraction of sp³-hybridized carbons (Fsp3) is 0.364. The molecule has 0 fully saturated rings. The molecule has 4 N–H and O–H groups in total. The monoisotopic (exact) mass is 436 g/mol. The third-order valence-electron chi connectivity index (χ3n) is 4.59. The van der Waals surface area contributed by atoms with E-state index in [0.717, 1.165) is 42.6 Å². The van der Waals surface area contributed by atoms with E-state index in [2.05, 4.69) is 38.7 Å². The SMILES string of the molecule is CCNC(=NCCCc1nn(-c2ccccc2)c(N)c1C#N)NCCc1ncc(C)s1. The van der Waals surface area contributed by atoms with E-state index in [9.17, 15) is 5.26 Å². The highest BCUT2D eigenvalue weighted by Crippen LogP contribution is 2.21. The van der Waals surface area contributed by atoms with Gasteiger partial charge in [0.15, 0.2) is 5.96 Å². The number of thiazole rings is 1. The molecule has 0 atom stereocenters. The van der Waals surface area contributed by atoms with Gasteiger partial charge in [-0.3, -0.25) is 4.99 Å². The molecule has 0 unspecified atom stereocenters. The highest BCUT2D eigenvalue weighted by Gasteiger charge is 2.16. The predicted molar refractivity (Wildman–Crippen MR) is 126 cm³/mol. The van der Waals surface area contributed by atoms with Crippen LogP contribution in [-0.2, 0) is 12.8 Å². The zero-order chi connectivity index (χ0) is 22.1. The van der Waals surface area contributed by atoms with Gasteiger partial charge in [0.05, 0.1) is 16.4 Å². The number of aliphatic imine (C=N–C) groups is 1. The topological polar surface area (TPSA) is 117 Å². The number of benzene rings is 1. The molecular weight excluding hydrogens is 408 g/mol. The third-order valence-corrected chi connectivity index (χ3v) is 5.57. The molecule has 1 aromatic carbocycles. The zero-order valence-electron chi connectivity index (χ0n) is 17.9. The lowest BCUT2D eigenvalue weighted by Gasteiger charge is -2.10. The number of aromatic nitrogens is 3. The van der Waals surface area contributed by atoms with Crippen LogP contribution in [0.3, 0.4) is 0 Å². The highest BCUT2D eigenvalue weighted by atomic mass is 32.1. The van der Waals surface area contributed by atoms with Gasteiger partial charge < -0.3 is 16.4 Å². The van der Waals surface area contributed by atoms with Gasteiger partial charge in [0.2, 0.25) is 0 Å². The van der Waals surface area contributed by atoms with Gasteiger partial charge in [0.1, 0.15) is 17.5 Å². The van der Waals surface area contributed by atoms with Gasteiger partial charge in [-0.15, -0.1) is 11.3 Å². The van der Waals surface area contributed by atoms with Gasteiger partial charge in [0.25, 0.3) is 0 Å². The van der Waals surface area contributed by atoms with E-state index in [1.54, 1.807) is 16.0 Å². The summed E-state index contributed by atoms with van der Waals surface area (Å²) in [6.45, 7) is 6.29. The molecule has 0 saturated heterocycles. The molecule has 162 valence electrons. The van der Waals surface area contributed by atoms with Crippen molar-refractivity contribution in [3.8, 4) is 11.8 Å². The van der Waals surface area contributed by atoms with Crippen LogP contribution in [-0.4, -0.2) is 40.4 Å². The maximum Gasteiger partial charge on any atom is 0.191 e. The summed E-state index contributed by atoms with van der Waals surface area (Å²) < 4.78 is 1.63. The minimum Gasteiger partial charge on any atom is -0.382 e. The first-order valence-electron chi connectivity index (χ1n) is 10.4. The zero-order valence-corrected chi connectivity index (χ0v) is 18.7. The van der Waals surface area contributed by atoms with Crippen LogP contribution in [0.2, 0.25) is 0 Å². The smallest absolute Gasteiger partial charge is 0.191 e. The second-order valence-electron chi connectivity index (χ2n) is 6.97. The molecule has 0 amide bonds. The number of para-hydroxylation sites is 1. The van der Waals surface area contributed by atoms with Crippen molar-refractivity contribution in [2.75, 3.05) is 25.4 Å². The minimum atomic E-state index is 0.375. The lowest BCUT2D eigenvalue weighted by atomic mass is 10.1. The Hall–Kier alpha value is -3.38. The second-order valence-corrected chi connectivity index (χ2v) is 8.29. The van der Waals surface area contributed by atoms with E-state index in [4.69, 9.17) is 5.73 Å². The molecule has 2 aromatic heterocycles. The molecular formula is C22H28N8S. The number of nitrogens with zero attached hydrogens (tertiary/aromatic N) is 5. The standard InChI is InChI=1S/C22H28N8S/c1-3-25-22(27-13-11-20-28-15-16(2)31-20)26-12-7-10-19-18(14-23)21(24)30(29-19)17-8-5-4-6-9-17/h4-6,8-9,15H,3,7,10-13,24H2,1-2H3,(H2,25,26,27). The molecule has 9 heteroatoms. The van der Waals surface area contributed by atoms with Gasteiger partial charge in [-0.05, 0) is 38.8 Å². The van der Waals surface area contributed by atoms with Crippen molar-refractivity contribution < 1.29 is 0 Å². The number of anilines is 1.